The number of nitrogens with one attached hydrogen (secondary N) is 1. The third-order valence-corrected chi connectivity index (χ3v) is 2.52. The van der Waals surface area contributed by atoms with Crippen molar-refractivity contribution in [3.8, 4) is 0 Å². The number of hydrogen-bond donors (Lipinski definition) is 1. The zero-order valence-corrected chi connectivity index (χ0v) is 9.76. The highest BCUT2D eigenvalue weighted by atomic mass is 16.1. The molecule has 15 heavy (non-hydrogen) atoms. The van der Waals surface area contributed by atoms with Gasteiger partial charge in [-0.25, -0.2) is 0 Å². The van der Waals surface area contributed by atoms with Gasteiger partial charge in [0, 0.05) is 12.1 Å². The van der Waals surface area contributed by atoms with E-state index in [-0.39, 0.29) is 5.91 Å². The average Bonchev–Trinajstić information content (AvgIpc) is 2.18. The molecule has 1 aromatic rings. The van der Waals surface area contributed by atoms with Crippen LogP contribution in [0.2, 0.25) is 0 Å². The lowest BCUT2D eigenvalue weighted by molar-refractivity contribution is 0.0952. The van der Waals surface area contributed by atoms with Crippen LogP contribution in [0.4, 0.5) is 0 Å². The van der Waals surface area contributed by atoms with Gasteiger partial charge >= 0.3 is 0 Å². The second-order valence-corrected chi connectivity index (χ2v) is 3.88. The van der Waals surface area contributed by atoms with Gasteiger partial charge in [0.05, 0.1) is 0 Å². The van der Waals surface area contributed by atoms with Crippen molar-refractivity contribution >= 4 is 5.91 Å². The Morgan fingerprint density at radius 3 is 2.40 bits per heavy atom. The SMILES string of the molecule is CCCCNC(=O)c1c(C)cccc1C. The topological polar surface area (TPSA) is 29.1 Å². The molecule has 82 valence electrons. The molecule has 0 fully saturated rings. The maximum absolute atomic E-state index is 11.9. The highest BCUT2D eigenvalue weighted by molar-refractivity contribution is 5.96. The average molecular weight is 205 g/mol. The van der Waals surface area contributed by atoms with E-state index >= 15 is 0 Å². The van der Waals surface area contributed by atoms with Crippen molar-refractivity contribution in [2.24, 2.45) is 0 Å². The largest absolute Gasteiger partial charge is 0.352 e. The molecule has 1 aromatic carbocycles. The first-order chi connectivity index (χ1) is 7.16. The highest BCUT2D eigenvalue weighted by Gasteiger charge is 2.10. The van der Waals surface area contributed by atoms with E-state index in [0.717, 1.165) is 36.1 Å². The van der Waals surface area contributed by atoms with E-state index in [1.807, 2.05) is 32.0 Å². The first-order valence-electron chi connectivity index (χ1n) is 5.51. The first kappa shape index (κ1) is 11.8. The number of aryl methyl sites for hydroxylation is 2. The molecule has 0 aliphatic rings. The van der Waals surface area contributed by atoms with Crippen molar-refractivity contribution in [3.63, 3.8) is 0 Å². The standard InChI is InChI=1S/C13H19NO/c1-4-5-9-14-13(15)12-10(2)7-6-8-11(12)3/h6-8H,4-5,9H2,1-3H3,(H,14,15). The molecule has 0 spiro atoms. The third-order valence-electron chi connectivity index (χ3n) is 2.52. The molecule has 0 aliphatic carbocycles. The van der Waals surface area contributed by atoms with E-state index in [9.17, 15) is 4.79 Å². The van der Waals surface area contributed by atoms with Crippen LogP contribution >= 0.6 is 0 Å². The lowest BCUT2D eigenvalue weighted by Crippen LogP contribution is -2.25. The molecular weight excluding hydrogens is 186 g/mol. The van der Waals surface area contributed by atoms with Crippen LogP contribution in [-0.4, -0.2) is 12.5 Å². The van der Waals surface area contributed by atoms with Crippen molar-refractivity contribution < 1.29 is 4.79 Å². The second-order valence-electron chi connectivity index (χ2n) is 3.88. The molecule has 0 atom stereocenters. The summed E-state index contributed by atoms with van der Waals surface area (Å²) in [4.78, 5) is 11.9. The van der Waals surface area contributed by atoms with Gasteiger partial charge in [0.25, 0.3) is 5.91 Å². The molecule has 2 heteroatoms. The number of benzene rings is 1. The van der Waals surface area contributed by atoms with Crippen LogP contribution in [0.5, 0.6) is 0 Å². The van der Waals surface area contributed by atoms with Crippen molar-refractivity contribution in [2.75, 3.05) is 6.54 Å². The molecule has 1 N–H and O–H groups in total. The van der Waals surface area contributed by atoms with Gasteiger partial charge < -0.3 is 5.32 Å². The summed E-state index contributed by atoms with van der Waals surface area (Å²) in [5.41, 5.74) is 2.92. The lowest BCUT2D eigenvalue weighted by atomic mass is 10.0. The zero-order valence-electron chi connectivity index (χ0n) is 9.76. The van der Waals surface area contributed by atoms with E-state index in [0.29, 0.717) is 0 Å². The highest BCUT2D eigenvalue weighted by Crippen LogP contribution is 2.12. The predicted octanol–water partition coefficient (Wildman–Crippen LogP) is 2.83. The van der Waals surface area contributed by atoms with Crippen molar-refractivity contribution in [1.29, 1.82) is 0 Å². The Balaban J connectivity index is 2.73. The molecule has 2 nitrogen and oxygen atoms in total. The summed E-state index contributed by atoms with van der Waals surface area (Å²) in [5, 5.41) is 2.94. The fourth-order valence-electron chi connectivity index (χ4n) is 1.64. The van der Waals surface area contributed by atoms with Crippen LogP contribution in [0.25, 0.3) is 0 Å². The second kappa shape index (κ2) is 5.54. The quantitative estimate of drug-likeness (QED) is 0.752. The molecule has 0 saturated heterocycles. The fraction of sp³-hybridized carbons (Fsp3) is 0.462. The Kier molecular flexibility index (Phi) is 4.35. The summed E-state index contributed by atoms with van der Waals surface area (Å²) in [6, 6.07) is 5.93. The summed E-state index contributed by atoms with van der Waals surface area (Å²) >= 11 is 0. The van der Waals surface area contributed by atoms with E-state index in [2.05, 4.69) is 12.2 Å². The zero-order chi connectivity index (χ0) is 11.3. The monoisotopic (exact) mass is 205 g/mol. The molecule has 0 bridgehead atoms. The number of hydrogen-bond acceptors (Lipinski definition) is 1. The smallest absolute Gasteiger partial charge is 0.251 e. The Hall–Kier alpha value is -1.31. The number of carbonyl (C=O) groups excluding carboxylic acids is 1. The number of rotatable bonds is 4. The van der Waals surface area contributed by atoms with Crippen molar-refractivity contribution in [1.82, 2.24) is 5.32 Å². The molecule has 0 heterocycles. The van der Waals surface area contributed by atoms with Crippen LogP contribution in [0.15, 0.2) is 18.2 Å². The van der Waals surface area contributed by atoms with Crippen LogP contribution < -0.4 is 5.32 Å². The van der Waals surface area contributed by atoms with Crippen LogP contribution in [-0.2, 0) is 0 Å². The molecule has 0 aromatic heterocycles. The Morgan fingerprint density at radius 1 is 1.27 bits per heavy atom. The molecule has 1 rings (SSSR count). The molecule has 0 unspecified atom stereocenters. The lowest BCUT2D eigenvalue weighted by Gasteiger charge is -2.09. The minimum absolute atomic E-state index is 0.0547. The van der Waals surface area contributed by atoms with Crippen molar-refractivity contribution in [3.05, 3.63) is 34.9 Å². The van der Waals surface area contributed by atoms with Crippen molar-refractivity contribution in [2.45, 2.75) is 33.6 Å². The Labute approximate surface area is 91.7 Å². The van der Waals surface area contributed by atoms with Gasteiger partial charge in [0.15, 0.2) is 0 Å². The van der Waals surface area contributed by atoms with E-state index in [1.54, 1.807) is 0 Å². The van der Waals surface area contributed by atoms with Gasteiger partial charge in [-0.1, -0.05) is 31.5 Å². The van der Waals surface area contributed by atoms with E-state index < -0.39 is 0 Å². The molecule has 0 radical (unpaired) electrons. The number of carbonyl (C=O) groups is 1. The summed E-state index contributed by atoms with van der Waals surface area (Å²) in [6.45, 7) is 6.83. The third kappa shape index (κ3) is 3.08. The fourth-order valence-corrected chi connectivity index (χ4v) is 1.64. The van der Waals surface area contributed by atoms with E-state index in [1.165, 1.54) is 0 Å². The van der Waals surface area contributed by atoms with E-state index in [4.69, 9.17) is 0 Å². The molecule has 1 amide bonds. The molecule has 0 saturated carbocycles. The Bertz CT molecular complexity index is 324. The van der Waals surface area contributed by atoms with Crippen LogP contribution in [0, 0.1) is 13.8 Å². The maximum atomic E-state index is 11.9. The summed E-state index contributed by atoms with van der Waals surface area (Å²) in [5.74, 6) is 0.0547. The minimum Gasteiger partial charge on any atom is -0.352 e. The Morgan fingerprint density at radius 2 is 1.87 bits per heavy atom. The molecular formula is C13H19NO. The molecule has 0 aliphatic heterocycles. The summed E-state index contributed by atoms with van der Waals surface area (Å²) in [7, 11) is 0. The van der Waals surface area contributed by atoms with Crippen LogP contribution in [0.1, 0.15) is 41.3 Å². The summed E-state index contributed by atoms with van der Waals surface area (Å²) in [6.07, 6.45) is 2.14. The van der Waals surface area contributed by atoms with Gasteiger partial charge in [-0.05, 0) is 31.4 Å². The van der Waals surface area contributed by atoms with Crippen LogP contribution in [0.3, 0.4) is 0 Å². The summed E-state index contributed by atoms with van der Waals surface area (Å²) < 4.78 is 0. The van der Waals surface area contributed by atoms with Gasteiger partial charge in [-0.15, -0.1) is 0 Å². The van der Waals surface area contributed by atoms with Gasteiger partial charge in [0.2, 0.25) is 0 Å². The van der Waals surface area contributed by atoms with Gasteiger partial charge in [-0.2, -0.15) is 0 Å². The number of unbranched alkanes of at least 4 members (excludes halogenated alkanes) is 1. The van der Waals surface area contributed by atoms with Gasteiger partial charge in [-0.3, -0.25) is 4.79 Å². The first-order valence-corrected chi connectivity index (χ1v) is 5.51. The number of amides is 1. The normalized spacial score (nSPS) is 10.1. The van der Waals surface area contributed by atoms with Gasteiger partial charge in [0.1, 0.15) is 0 Å². The minimum atomic E-state index is 0.0547. The maximum Gasteiger partial charge on any atom is 0.251 e. The predicted molar refractivity (Wildman–Crippen MR) is 63.2 cm³/mol.